The van der Waals surface area contributed by atoms with Gasteiger partial charge in [-0.2, -0.15) is 0 Å². The summed E-state index contributed by atoms with van der Waals surface area (Å²) in [5.74, 6) is 0. The summed E-state index contributed by atoms with van der Waals surface area (Å²) in [5.41, 5.74) is 1.41. The second-order valence-electron chi connectivity index (χ2n) is 1.81. The molecule has 1 rings (SSSR count). The topological polar surface area (TPSA) is 0 Å². The van der Waals surface area contributed by atoms with Crippen molar-refractivity contribution >= 4 is 37.7 Å². The van der Waals surface area contributed by atoms with E-state index >= 15 is 0 Å². The van der Waals surface area contributed by atoms with E-state index in [-0.39, 0.29) is 0 Å². The van der Waals surface area contributed by atoms with Crippen molar-refractivity contribution in [3.63, 3.8) is 0 Å². The molecule has 0 saturated heterocycles. The van der Waals surface area contributed by atoms with E-state index in [0.29, 0.717) is 0 Å². The van der Waals surface area contributed by atoms with E-state index in [2.05, 4.69) is 42.8 Å². The Morgan fingerprint density at radius 2 is 1.70 bits per heavy atom. The zero-order valence-electron chi connectivity index (χ0n) is 6.19. The molecule has 0 nitrogen and oxygen atoms in total. The van der Waals surface area contributed by atoms with Crippen molar-refractivity contribution < 1.29 is 0 Å². The molecule has 0 heterocycles. The monoisotopic (exact) mass is 261 g/mol. The Bertz CT molecular complexity index is 165. The first-order valence-electron chi connectivity index (χ1n) is 2.96. The Labute approximate surface area is 80.7 Å². The van der Waals surface area contributed by atoms with Crippen LogP contribution in [-0.4, -0.2) is 28.9 Å². The fourth-order valence-corrected chi connectivity index (χ4v) is 1.09. The molecule has 0 aliphatic heterocycles. The number of hydrogen-bond donors (Lipinski definition) is 0. The maximum atomic E-state index is 4.64. The molecule has 0 saturated carbocycles. The van der Waals surface area contributed by atoms with Crippen LogP contribution in [0.2, 0.25) is 0 Å². The van der Waals surface area contributed by atoms with Crippen LogP contribution >= 0.6 is 11.6 Å². The fourth-order valence-electron chi connectivity index (χ4n) is 0.573. The molecule has 0 unspecified atom stereocenters. The minimum atomic E-state index is 1.41. The molecule has 0 spiro atoms. The second-order valence-corrected chi connectivity index (χ2v) is 3.35. The third-order valence-electron chi connectivity index (χ3n) is 1.15. The van der Waals surface area contributed by atoms with Crippen LogP contribution in [0.15, 0.2) is 24.3 Å². The number of aryl methyl sites for hydroxylation is 1. The average molecular weight is 260 g/mol. The van der Waals surface area contributed by atoms with E-state index in [1.165, 1.54) is 38.1 Å². The molecular formula is C8H10ClSn. The van der Waals surface area contributed by atoms with Crippen LogP contribution in [0.5, 0.6) is 0 Å². The molecule has 0 N–H and O–H groups in total. The van der Waals surface area contributed by atoms with Crippen LogP contribution in [0.4, 0.5) is 0 Å². The van der Waals surface area contributed by atoms with Crippen LogP contribution in [0.1, 0.15) is 5.56 Å². The molecular weight excluding hydrogens is 250 g/mol. The van der Waals surface area contributed by atoms with Gasteiger partial charge in [0.2, 0.25) is 0 Å². The van der Waals surface area contributed by atoms with Crippen LogP contribution in [0, 0.1) is 6.92 Å². The number of alkyl halides is 1. The zero-order valence-corrected chi connectivity index (χ0v) is 9.80. The molecule has 0 aliphatic rings. The van der Waals surface area contributed by atoms with Crippen LogP contribution in [0.3, 0.4) is 0 Å². The molecule has 3 radical (unpaired) electrons. The molecule has 2 heteroatoms. The van der Waals surface area contributed by atoms with Gasteiger partial charge in [-0.15, -0.1) is 11.6 Å². The Morgan fingerprint density at radius 1 is 1.20 bits per heavy atom. The van der Waals surface area contributed by atoms with Crippen molar-refractivity contribution in [1.82, 2.24) is 0 Å². The summed E-state index contributed by atoms with van der Waals surface area (Å²) in [7, 11) is 0. The summed E-state index contributed by atoms with van der Waals surface area (Å²) < 4.78 is 1.46. The Balaban J connectivity index is 0.000000371. The molecule has 1 aromatic rings. The van der Waals surface area contributed by atoms with Gasteiger partial charge < -0.3 is 0 Å². The summed E-state index contributed by atoms with van der Waals surface area (Å²) >= 11 is 6.15. The first-order valence-corrected chi connectivity index (χ1v) is 5.14. The minimum absolute atomic E-state index is 1.41. The maximum absolute atomic E-state index is 4.64. The third-order valence-corrected chi connectivity index (χ3v) is 2.75. The summed E-state index contributed by atoms with van der Waals surface area (Å²) in [6, 6.07) is 8.46. The summed E-state index contributed by atoms with van der Waals surface area (Å²) in [6.07, 6.45) is 1.47. The molecule has 0 atom stereocenters. The van der Waals surface area contributed by atoms with Gasteiger partial charge in [0.05, 0.1) is 0 Å². The van der Waals surface area contributed by atoms with Crippen LogP contribution in [0.25, 0.3) is 0 Å². The molecule has 10 heavy (non-hydrogen) atoms. The predicted molar refractivity (Wildman–Crippen MR) is 48.3 cm³/mol. The second kappa shape index (κ2) is 6.05. The molecule has 0 bridgehead atoms. The summed E-state index contributed by atoms with van der Waals surface area (Å²) in [5, 5.41) is 0. The quantitative estimate of drug-likeness (QED) is 0.491. The Hall–Kier alpha value is 0.309. The Morgan fingerprint density at radius 3 is 2.00 bits per heavy atom. The van der Waals surface area contributed by atoms with Gasteiger partial charge in [-0.1, -0.05) is 0 Å². The zero-order chi connectivity index (χ0) is 7.98. The summed E-state index contributed by atoms with van der Waals surface area (Å²) in [4.78, 5) is 0. The normalized spacial score (nSPS) is 8.00. The van der Waals surface area contributed by atoms with Gasteiger partial charge in [-0.25, -0.2) is 0 Å². The predicted octanol–water partition coefficient (Wildman–Crippen LogP) is 1.64. The van der Waals surface area contributed by atoms with Crippen molar-refractivity contribution in [3.8, 4) is 0 Å². The standard InChI is InChI=1S/C7H7.CH3Cl.Sn/c1-7-5-3-2-4-6-7;1-2;/h2-5H,1H3;1H3;. The van der Waals surface area contributed by atoms with Crippen LogP contribution < -0.4 is 3.58 Å². The van der Waals surface area contributed by atoms with Gasteiger partial charge in [0.15, 0.2) is 0 Å². The van der Waals surface area contributed by atoms with Gasteiger partial charge in [0.25, 0.3) is 0 Å². The first-order chi connectivity index (χ1) is 4.80. The van der Waals surface area contributed by atoms with E-state index in [4.69, 9.17) is 0 Å². The SMILES string of the molecule is CCl.Cc1cccc[c]1[Sn]. The molecule has 0 fully saturated rings. The van der Waals surface area contributed by atoms with Crippen molar-refractivity contribution in [1.29, 1.82) is 0 Å². The van der Waals surface area contributed by atoms with E-state index in [1.807, 2.05) is 0 Å². The molecule has 53 valence electrons. The van der Waals surface area contributed by atoms with Crippen molar-refractivity contribution in [3.05, 3.63) is 29.8 Å². The van der Waals surface area contributed by atoms with E-state index in [0.717, 1.165) is 0 Å². The van der Waals surface area contributed by atoms with Crippen LogP contribution in [-0.2, 0) is 0 Å². The molecule has 0 amide bonds. The number of hydrogen-bond acceptors (Lipinski definition) is 0. The van der Waals surface area contributed by atoms with Gasteiger partial charge in [0.1, 0.15) is 0 Å². The van der Waals surface area contributed by atoms with Crippen molar-refractivity contribution in [2.24, 2.45) is 0 Å². The van der Waals surface area contributed by atoms with E-state index in [1.54, 1.807) is 0 Å². The fraction of sp³-hybridized carbons (Fsp3) is 0.250. The van der Waals surface area contributed by atoms with Gasteiger partial charge in [-0.05, 0) is 0 Å². The number of benzene rings is 1. The van der Waals surface area contributed by atoms with E-state index < -0.39 is 0 Å². The van der Waals surface area contributed by atoms with E-state index in [9.17, 15) is 0 Å². The number of halogens is 1. The van der Waals surface area contributed by atoms with Gasteiger partial charge in [-0.3, -0.25) is 0 Å². The summed E-state index contributed by atoms with van der Waals surface area (Å²) in [6.45, 7) is 2.14. The van der Waals surface area contributed by atoms with Crippen molar-refractivity contribution in [2.45, 2.75) is 6.92 Å². The van der Waals surface area contributed by atoms with Gasteiger partial charge >= 0.3 is 62.9 Å². The Kier molecular flexibility index (Phi) is 6.23. The third kappa shape index (κ3) is 3.47. The van der Waals surface area contributed by atoms with Crippen molar-refractivity contribution in [2.75, 3.05) is 6.38 Å². The molecule has 0 aromatic heterocycles. The average Bonchev–Trinajstić information content (AvgIpc) is 2.00. The molecule has 1 aromatic carbocycles. The molecule has 0 aliphatic carbocycles. The van der Waals surface area contributed by atoms with Gasteiger partial charge in [0, 0.05) is 6.38 Å². The first kappa shape index (κ1) is 10.3. The number of rotatable bonds is 0.